The fraction of sp³-hybridized carbons (Fsp3) is 0. The Hall–Kier alpha value is -2.31. The number of hydrogen-bond donors (Lipinski definition) is 2. The molecule has 0 spiro atoms. The number of aliphatic imine (C=N–C) groups is 1. The van der Waals surface area contributed by atoms with Crippen molar-refractivity contribution in [2.45, 2.75) is 0 Å². The van der Waals surface area contributed by atoms with Gasteiger partial charge in [0.2, 0.25) is 0 Å². The molecule has 7 nitrogen and oxygen atoms in total. The summed E-state index contributed by atoms with van der Waals surface area (Å²) in [5.41, 5.74) is 6.47. The average molecular weight is 190 g/mol. The van der Waals surface area contributed by atoms with Gasteiger partial charge in [-0.3, -0.25) is 0 Å². The van der Waals surface area contributed by atoms with Gasteiger partial charge in [0.1, 0.15) is 17.5 Å². The molecule has 0 aromatic carbocycles. The van der Waals surface area contributed by atoms with Gasteiger partial charge in [0.05, 0.1) is 12.5 Å². The van der Waals surface area contributed by atoms with Crippen LogP contribution in [0.15, 0.2) is 17.6 Å². The fourth-order valence-electron chi connectivity index (χ4n) is 1.01. The number of carbonyl (C=O) groups excluding carboxylic acids is 1. The van der Waals surface area contributed by atoms with Crippen molar-refractivity contribution in [2.75, 3.05) is 0 Å². The molecule has 2 heterocycles. The molecule has 2 rings (SSSR count). The predicted octanol–water partition coefficient (Wildman–Crippen LogP) is -0.149. The number of nitrogens with zero attached hydrogens (tertiary/aromatic N) is 4. The zero-order valence-electron chi connectivity index (χ0n) is 7.01. The van der Waals surface area contributed by atoms with Gasteiger partial charge < -0.3 is 10.7 Å². The SMILES string of the molecule is NC(=O)/N=C/c1ncnc2nc[nH]c12. The fourth-order valence-corrected chi connectivity index (χ4v) is 1.01. The van der Waals surface area contributed by atoms with Gasteiger partial charge in [-0.15, -0.1) is 0 Å². The Balaban J connectivity index is 2.51. The largest absolute Gasteiger partial charge is 0.350 e. The zero-order valence-corrected chi connectivity index (χ0v) is 7.01. The van der Waals surface area contributed by atoms with Gasteiger partial charge >= 0.3 is 6.03 Å². The number of nitrogens with two attached hydrogens (primary N) is 1. The van der Waals surface area contributed by atoms with Gasteiger partial charge in [-0.25, -0.2) is 19.7 Å². The molecule has 7 heteroatoms. The Morgan fingerprint density at radius 1 is 1.50 bits per heavy atom. The standard InChI is InChI=1S/C7H6N6O/c8-7(14)9-1-4-5-6(12-2-10-4)13-3-11-5/h1-3H,(H2,8,14)(H,10,11,12,13)/b9-1+. The van der Waals surface area contributed by atoms with Crippen LogP contribution >= 0.6 is 0 Å². The maximum absolute atomic E-state index is 10.4. The lowest BCUT2D eigenvalue weighted by molar-refractivity contribution is 0.257. The zero-order chi connectivity index (χ0) is 9.97. The molecule has 14 heavy (non-hydrogen) atoms. The van der Waals surface area contributed by atoms with E-state index in [0.29, 0.717) is 16.9 Å². The van der Waals surface area contributed by atoms with E-state index in [1.54, 1.807) is 0 Å². The molecular weight excluding hydrogens is 184 g/mol. The van der Waals surface area contributed by atoms with Gasteiger partial charge in [-0.05, 0) is 0 Å². The van der Waals surface area contributed by atoms with Crippen LogP contribution in [0.25, 0.3) is 11.2 Å². The number of carbonyl (C=O) groups is 1. The van der Waals surface area contributed by atoms with Crippen LogP contribution in [0.4, 0.5) is 4.79 Å². The highest BCUT2D eigenvalue weighted by atomic mass is 16.2. The third kappa shape index (κ3) is 1.42. The summed E-state index contributed by atoms with van der Waals surface area (Å²) in [4.78, 5) is 28.4. The topological polar surface area (TPSA) is 110 Å². The molecule has 70 valence electrons. The maximum atomic E-state index is 10.4. The summed E-state index contributed by atoms with van der Waals surface area (Å²) in [6.45, 7) is 0. The van der Waals surface area contributed by atoms with E-state index in [9.17, 15) is 4.79 Å². The summed E-state index contributed by atoms with van der Waals surface area (Å²) in [6.07, 6.45) is 4.09. The first kappa shape index (κ1) is 8.30. The second kappa shape index (κ2) is 3.21. The Kier molecular flexibility index (Phi) is 1.90. The molecule has 2 aromatic heterocycles. The van der Waals surface area contributed by atoms with E-state index >= 15 is 0 Å². The monoisotopic (exact) mass is 190 g/mol. The van der Waals surface area contributed by atoms with Crippen molar-refractivity contribution in [3.8, 4) is 0 Å². The van der Waals surface area contributed by atoms with Crippen LogP contribution in [0.2, 0.25) is 0 Å². The van der Waals surface area contributed by atoms with E-state index in [1.807, 2.05) is 0 Å². The molecule has 0 aliphatic carbocycles. The molecule has 0 bridgehead atoms. The van der Waals surface area contributed by atoms with Gasteiger partial charge in [-0.1, -0.05) is 0 Å². The number of hydrogen-bond acceptors (Lipinski definition) is 4. The van der Waals surface area contributed by atoms with E-state index < -0.39 is 6.03 Å². The summed E-state index contributed by atoms with van der Waals surface area (Å²) in [5.74, 6) is 0. The van der Waals surface area contributed by atoms with Crippen molar-refractivity contribution >= 4 is 23.4 Å². The molecule has 3 N–H and O–H groups in total. The molecule has 0 radical (unpaired) electrons. The molecule has 0 atom stereocenters. The third-order valence-electron chi connectivity index (χ3n) is 1.57. The minimum Gasteiger partial charge on any atom is -0.350 e. The number of H-pyrrole nitrogens is 1. The van der Waals surface area contributed by atoms with Gasteiger partial charge in [0, 0.05) is 0 Å². The number of urea groups is 1. The van der Waals surface area contributed by atoms with Crippen molar-refractivity contribution in [3.63, 3.8) is 0 Å². The third-order valence-corrected chi connectivity index (χ3v) is 1.57. The van der Waals surface area contributed by atoms with Crippen LogP contribution < -0.4 is 5.73 Å². The lowest BCUT2D eigenvalue weighted by Crippen LogP contribution is -2.04. The van der Waals surface area contributed by atoms with Gasteiger partial charge in [-0.2, -0.15) is 4.99 Å². The molecule has 0 saturated heterocycles. The number of amides is 2. The molecule has 0 aliphatic rings. The highest BCUT2D eigenvalue weighted by Gasteiger charge is 2.02. The van der Waals surface area contributed by atoms with Crippen molar-refractivity contribution in [1.29, 1.82) is 0 Å². The molecule has 2 aromatic rings. The summed E-state index contributed by atoms with van der Waals surface area (Å²) >= 11 is 0. The maximum Gasteiger partial charge on any atom is 0.338 e. The molecule has 0 saturated carbocycles. The smallest absolute Gasteiger partial charge is 0.338 e. The number of imidazole rings is 1. The number of fused-ring (bicyclic) bond motifs is 1. The number of aromatic amines is 1. The quantitative estimate of drug-likeness (QED) is 0.609. The van der Waals surface area contributed by atoms with Gasteiger partial charge in [0.25, 0.3) is 0 Å². The van der Waals surface area contributed by atoms with E-state index in [4.69, 9.17) is 5.73 Å². The Morgan fingerprint density at radius 3 is 3.14 bits per heavy atom. The Bertz CT molecular complexity index is 502. The molecule has 0 unspecified atom stereocenters. The van der Waals surface area contributed by atoms with Crippen LogP contribution in [0.3, 0.4) is 0 Å². The first-order valence-electron chi connectivity index (χ1n) is 3.75. The summed E-state index contributed by atoms with van der Waals surface area (Å²) in [7, 11) is 0. The van der Waals surface area contributed by atoms with Crippen molar-refractivity contribution in [2.24, 2.45) is 10.7 Å². The number of nitrogens with one attached hydrogen (secondary N) is 1. The number of aromatic nitrogens is 4. The van der Waals surface area contributed by atoms with E-state index in [2.05, 4.69) is 24.9 Å². The average Bonchev–Trinajstić information content (AvgIpc) is 2.62. The summed E-state index contributed by atoms with van der Waals surface area (Å²) in [6, 6.07) is -0.767. The lowest BCUT2D eigenvalue weighted by atomic mass is 10.4. The predicted molar refractivity (Wildman–Crippen MR) is 48.9 cm³/mol. The van der Waals surface area contributed by atoms with E-state index in [-0.39, 0.29) is 0 Å². The summed E-state index contributed by atoms with van der Waals surface area (Å²) in [5, 5.41) is 0. The molecule has 2 amide bonds. The normalized spacial score (nSPS) is 11.1. The Morgan fingerprint density at radius 2 is 2.36 bits per heavy atom. The minimum absolute atomic E-state index is 0.478. The van der Waals surface area contributed by atoms with E-state index in [1.165, 1.54) is 18.9 Å². The Labute approximate surface area is 78.1 Å². The lowest BCUT2D eigenvalue weighted by Gasteiger charge is -1.91. The van der Waals surface area contributed by atoms with Crippen LogP contribution in [0.1, 0.15) is 5.69 Å². The second-order valence-corrected chi connectivity index (χ2v) is 2.46. The van der Waals surface area contributed by atoms with Crippen molar-refractivity contribution in [3.05, 3.63) is 18.3 Å². The molecular formula is C7H6N6O. The first-order chi connectivity index (χ1) is 6.77. The number of primary amides is 1. The van der Waals surface area contributed by atoms with Crippen LogP contribution in [-0.2, 0) is 0 Å². The molecule has 0 fully saturated rings. The van der Waals surface area contributed by atoms with Crippen molar-refractivity contribution in [1.82, 2.24) is 19.9 Å². The van der Waals surface area contributed by atoms with E-state index in [0.717, 1.165) is 0 Å². The highest BCUT2D eigenvalue weighted by molar-refractivity contribution is 5.97. The minimum atomic E-state index is -0.767. The van der Waals surface area contributed by atoms with Crippen LogP contribution in [0, 0.1) is 0 Å². The van der Waals surface area contributed by atoms with Crippen LogP contribution in [-0.4, -0.2) is 32.2 Å². The van der Waals surface area contributed by atoms with Crippen molar-refractivity contribution < 1.29 is 4.79 Å². The van der Waals surface area contributed by atoms with Gasteiger partial charge in [0.15, 0.2) is 5.65 Å². The summed E-state index contributed by atoms with van der Waals surface area (Å²) < 4.78 is 0. The molecule has 0 aliphatic heterocycles. The highest BCUT2D eigenvalue weighted by Crippen LogP contribution is 2.06. The first-order valence-corrected chi connectivity index (χ1v) is 3.75. The van der Waals surface area contributed by atoms with Crippen LogP contribution in [0.5, 0.6) is 0 Å². The number of rotatable bonds is 1. The second-order valence-electron chi connectivity index (χ2n) is 2.46.